The van der Waals surface area contributed by atoms with E-state index in [0.717, 1.165) is 36.9 Å². The average molecular weight is 477 g/mol. The van der Waals surface area contributed by atoms with Crippen molar-refractivity contribution >= 4 is 49.2 Å². The molecule has 0 spiro atoms. The Bertz CT molecular complexity index is 1150. The lowest BCUT2D eigenvalue weighted by atomic mass is 10.1. The van der Waals surface area contributed by atoms with Crippen molar-refractivity contribution in [2.24, 2.45) is 0 Å². The molecule has 1 aliphatic heterocycles. The molecule has 1 N–H and O–H groups in total. The Hall–Kier alpha value is -1.87. The van der Waals surface area contributed by atoms with E-state index in [1.165, 1.54) is 0 Å². The number of hydrogen-bond acceptors (Lipinski definition) is 5. The molecular weight excluding hydrogens is 460 g/mol. The summed E-state index contributed by atoms with van der Waals surface area (Å²) in [5.74, 6) is 0. The van der Waals surface area contributed by atoms with Gasteiger partial charge in [0.05, 0.1) is 17.1 Å². The molecule has 1 aromatic heterocycles. The lowest BCUT2D eigenvalue weighted by Crippen LogP contribution is -2.39. The molecule has 0 radical (unpaired) electrons. The van der Waals surface area contributed by atoms with E-state index in [9.17, 15) is 13.0 Å². The number of benzene rings is 2. The first-order chi connectivity index (χ1) is 13.4. The molecule has 1 unspecified atom stereocenters. The summed E-state index contributed by atoms with van der Waals surface area (Å²) in [5.41, 5.74) is 3.00. The summed E-state index contributed by atoms with van der Waals surface area (Å²) in [4.78, 5) is 8.08. The van der Waals surface area contributed by atoms with E-state index in [1.54, 1.807) is 29.8 Å². The maximum atomic E-state index is 12.3. The molecule has 144 valence electrons. The fraction of sp³-hybridized carbons (Fsp3) is 0.150. The van der Waals surface area contributed by atoms with Crippen molar-refractivity contribution in [3.05, 3.63) is 65.3 Å². The largest absolute Gasteiger partial charge is 0.319 e. The maximum Gasteiger partial charge on any atom is 0.286 e. The van der Waals surface area contributed by atoms with E-state index in [1.807, 2.05) is 54.6 Å². The summed E-state index contributed by atoms with van der Waals surface area (Å²) in [6, 6.07) is 17.2. The number of pyridine rings is 1. The van der Waals surface area contributed by atoms with Crippen LogP contribution >= 0.6 is 27.7 Å². The van der Waals surface area contributed by atoms with Crippen molar-refractivity contribution in [1.29, 1.82) is 0 Å². The molecule has 8 heteroatoms. The predicted molar refractivity (Wildman–Crippen MR) is 116 cm³/mol. The van der Waals surface area contributed by atoms with Gasteiger partial charge in [0.15, 0.2) is 5.37 Å². The van der Waals surface area contributed by atoms with Crippen LogP contribution in [0.15, 0.2) is 75.1 Å². The molecule has 2 heterocycles. The second-order valence-electron chi connectivity index (χ2n) is 6.30. The van der Waals surface area contributed by atoms with Crippen molar-refractivity contribution in [3.8, 4) is 11.3 Å². The van der Waals surface area contributed by atoms with Crippen LogP contribution in [0.5, 0.6) is 0 Å². The SMILES string of the molecule is CCC(N1c2ccccc2Sc2cccc(-c3ncccc3Br)c21)S(=O)(=O)O. The monoisotopic (exact) mass is 476 g/mol. The summed E-state index contributed by atoms with van der Waals surface area (Å²) in [6.07, 6.45) is 1.93. The zero-order valence-electron chi connectivity index (χ0n) is 14.9. The third-order valence-corrected chi connectivity index (χ3v) is 7.57. The number of anilines is 2. The number of fused-ring (bicyclic) bond motifs is 2. The van der Waals surface area contributed by atoms with Crippen LogP contribution in [0.2, 0.25) is 0 Å². The maximum absolute atomic E-state index is 12.3. The van der Waals surface area contributed by atoms with Gasteiger partial charge in [0.2, 0.25) is 0 Å². The number of aromatic nitrogens is 1. The Morgan fingerprint density at radius 2 is 1.86 bits per heavy atom. The van der Waals surface area contributed by atoms with Gasteiger partial charge >= 0.3 is 0 Å². The first kappa shape index (κ1) is 19.4. The van der Waals surface area contributed by atoms with Crippen LogP contribution in [-0.2, 0) is 10.1 Å². The van der Waals surface area contributed by atoms with Gasteiger partial charge in [0.1, 0.15) is 0 Å². The van der Waals surface area contributed by atoms with Crippen molar-refractivity contribution in [2.75, 3.05) is 4.90 Å². The molecule has 0 saturated heterocycles. The number of hydrogen-bond donors (Lipinski definition) is 1. The van der Waals surface area contributed by atoms with Crippen molar-refractivity contribution < 1.29 is 13.0 Å². The van der Waals surface area contributed by atoms with Gasteiger partial charge in [-0.25, -0.2) is 0 Å². The van der Waals surface area contributed by atoms with Gasteiger partial charge in [-0.1, -0.05) is 43.0 Å². The molecule has 2 aromatic carbocycles. The van der Waals surface area contributed by atoms with E-state index in [4.69, 9.17) is 0 Å². The van der Waals surface area contributed by atoms with Crippen LogP contribution in [0.4, 0.5) is 11.4 Å². The molecule has 4 rings (SSSR count). The van der Waals surface area contributed by atoms with Gasteiger partial charge in [-0.2, -0.15) is 8.42 Å². The molecule has 0 fully saturated rings. The van der Waals surface area contributed by atoms with Crippen LogP contribution < -0.4 is 4.90 Å². The fourth-order valence-electron chi connectivity index (χ4n) is 3.44. The lowest BCUT2D eigenvalue weighted by Gasteiger charge is -2.38. The van der Waals surface area contributed by atoms with E-state index < -0.39 is 15.5 Å². The standard InChI is InChI=1S/C20H17BrN2O3S2/c1-2-18(28(24,25)26)23-15-9-3-4-10-16(15)27-17-11-5-7-13(20(17)23)19-14(21)8-6-12-22-19/h3-12,18H,2H2,1H3,(H,24,25,26). The first-order valence-electron chi connectivity index (χ1n) is 8.68. The molecule has 1 aliphatic rings. The second-order valence-corrected chi connectivity index (χ2v) is 9.82. The molecule has 0 saturated carbocycles. The van der Waals surface area contributed by atoms with Gasteiger partial charge in [-0.15, -0.1) is 0 Å². The van der Waals surface area contributed by atoms with Gasteiger partial charge in [-0.3, -0.25) is 9.54 Å². The third kappa shape index (κ3) is 3.34. The second kappa shape index (κ2) is 7.51. The third-order valence-electron chi connectivity index (χ3n) is 4.58. The van der Waals surface area contributed by atoms with Crippen molar-refractivity contribution in [2.45, 2.75) is 28.5 Å². The van der Waals surface area contributed by atoms with Crippen LogP contribution in [0.25, 0.3) is 11.3 Å². The van der Waals surface area contributed by atoms with E-state index in [-0.39, 0.29) is 6.42 Å². The van der Waals surface area contributed by atoms with Crippen molar-refractivity contribution in [1.82, 2.24) is 4.98 Å². The number of nitrogens with zero attached hydrogens (tertiary/aromatic N) is 2. The minimum absolute atomic E-state index is 0.231. The number of halogens is 1. The molecule has 0 amide bonds. The van der Waals surface area contributed by atoms with Crippen LogP contribution in [-0.4, -0.2) is 23.3 Å². The van der Waals surface area contributed by atoms with E-state index in [2.05, 4.69) is 20.9 Å². The fourth-order valence-corrected chi connectivity index (χ4v) is 5.92. The average Bonchev–Trinajstić information content (AvgIpc) is 2.67. The minimum atomic E-state index is -4.32. The minimum Gasteiger partial charge on any atom is -0.319 e. The van der Waals surface area contributed by atoms with Gasteiger partial charge in [0.25, 0.3) is 10.1 Å². The highest BCUT2D eigenvalue weighted by atomic mass is 79.9. The molecule has 0 aliphatic carbocycles. The summed E-state index contributed by atoms with van der Waals surface area (Å²) < 4.78 is 35.4. The molecule has 5 nitrogen and oxygen atoms in total. The topological polar surface area (TPSA) is 70.5 Å². The normalized spacial score (nSPS) is 14.3. The Morgan fingerprint density at radius 3 is 2.57 bits per heavy atom. The summed E-state index contributed by atoms with van der Waals surface area (Å²) >= 11 is 5.13. The summed E-state index contributed by atoms with van der Waals surface area (Å²) in [7, 11) is -4.32. The highest BCUT2D eigenvalue weighted by molar-refractivity contribution is 9.10. The summed E-state index contributed by atoms with van der Waals surface area (Å²) in [6.45, 7) is 1.75. The highest BCUT2D eigenvalue weighted by Crippen LogP contribution is 2.53. The lowest BCUT2D eigenvalue weighted by molar-refractivity contribution is 0.464. The van der Waals surface area contributed by atoms with Gasteiger partial charge < -0.3 is 4.90 Å². The smallest absolute Gasteiger partial charge is 0.286 e. The number of para-hydroxylation sites is 2. The molecule has 0 bridgehead atoms. The molecule has 1 atom stereocenters. The van der Waals surface area contributed by atoms with Crippen LogP contribution in [0.3, 0.4) is 0 Å². The Labute approximate surface area is 176 Å². The molecular formula is C20H17BrN2O3S2. The zero-order chi connectivity index (χ0) is 19.9. The van der Waals surface area contributed by atoms with Gasteiger partial charge in [-0.05, 0) is 52.7 Å². The van der Waals surface area contributed by atoms with E-state index >= 15 is 0 Å². The number of rotatable bonds is 4. The Balaban J connectivity index is 2.04. The highest BCUT2D eigenvalue weighted by Gasteiger charge is 2.37. The quantitative estimate of drug-likeness (QED) is 0.484. The molecule has 28 heavy (non-hydrogen) atoms. The Kier molecular flexibility index (Phi) is 5.22. The predicted octanol–water partition coefficient (Wildman–Crippen LogP) is 5.74. The van der Waals surface area contributed by atoms with E-state index in [0.29, 0.717) is 0 Å². The molecule has 3 aromatic rings. The first-order valence-corrected chi connectivity index (χ1v) is 11.8. The zero-order valence-corrected chi connectivity index (χ0v) is 18.1. The van der Waals surface area contributed by atoms with Crippen molar-refractivity contribution in [3.63, 3.8) is 0 Å². The Morgan fingerprint density at radius 1 is 1.11 bits per heavy atom. The van der Waals surface area contributed by atoms with Crippen LogP contribution in [0, 0.1) is 0 Å². The van der Waals surface area contributed by atoms with Gasteiger partial charge in [0, 0.05) is 26.0 Å². The van der Waals surface area contributed by atoms with Crippen LogP contribution in [0.1, 0.15) is 13.3 Å². The summed E-state index contributed by atoms with van der Waals surface area (Å²) in [5, 5.41) is -1.10.